The van der Waals surface area contributed by atoms with Gasteiger partial charge in [-0.1, -0.05) is 0 Å². The summed E-state index contributed by atoms with van der Waals surface area (Å²) in [5.41, 5.74) is 2.37. The summed E-state index contributed by atoms with van der Waals surface area (Å²) in [6.07, 6.45) is 3.47. The van der Waals surface area contributed by atoms with E-state index in [1.165, 1.54) is 0 Å². The van der Waals surface area contributed by atoms with Crippen LogP contribution in [-0.4, -0.2) is 15.5 Å². The van der Waals surface area contributed by atoms with Crippen LogP contribution in [0.1, 0.15) is 15.9 Å². The molecule has 0 amide bonds. The van der Waals surface area contributed by atoms with Crippen LogP contribution in [0.3, 0.4) is 0 Å². The average molecular weight is 175 g/mol. The molecule has 0 fully saturated rings. The van der Waals surface area contributed by atoms with Gasteiger partial charge in [-0.25, -0.2) is 4.79 Å². The highest BCUT2D eigenvalue weighted by molar-refractivity contribution is 5.89. The standard InChI is InChI=1S/C10H9NO2/c1-7-2-3-11-6-8(10(12)13)5-9(11)4-7/h2-6H,1H3,(H,12,13). The monoisotopic (exact) mass is 175 g/mol. The molecule has 2 aromatic rings. The van der Waals surface area contributed by atoms with E-state index < -0.39 is 5.97 Å². The van der Waals surface area contributed by atoms with E-state index in [1.54, 1.807) is 16.7 Å². The molecule has 3 heteroatoms. The van der Waals surface area contributed by atoms with Crippen LogP contribution in [-0.2, 0) is 0 Å². The van der Waals surface area contributed by atoms with Gasteiger partial charge in [-0.15, -0.1) is 0 Å². The predicted octanol–water partition coefficient (Wildman–Crippen LogP) is 1.95. The summed E-state index contributed by atoms with van der Waals surface area (Å²) < 4.78 is 1.80. The lowest BCUT2D eigenvalue weighted by atomic mass is 10.2. The van der Waals surface area contributed by atoms with Gasteiger partial charge >= 0.3 is 5.97 Å². The van der Waals surface area contributed by atoms with Gasteiger partial charge in [0.25, 0.3) is 0 Å². The quantitative estimate of drug-likeness (QED) is 0.719. The van der Waals surface area contributed by atoms with Crippen molar-refractivity contribution in [2.45, 2.75) is 6.92 Å². The molecule has 0 saturated heterocycles. The normalized spacial score (nSPS) is 10.5. The van der Waals surface area contributed by atoms with E-state index >= 15 is 0 Å². The van der Waals surface area contributed by atoms with Gasteiger partial charge in [-0.05, 0) is 30.7 Å². The second-order valence-corrected chi connectivity index (χ2v) is 3.07. The van der Waals surface area contributed by atoms with E-state index in [1.807, 2.05) is 25.3 Å². The van der Waals surface area contributed by atoms with Crippen molar-refractivity contribution in [1.82, 2.24) is 4.40 Å². The zero-order valence-electron chi connectivity index (χ0n) is 7.19. The van der Waals surface area contributed by atoms with Crippen molar-refractivity contribution in [1.29, 1.82) is 0 Å². The van der Waals surface area contributed by atoms with Crippen molar-refractivity contribution in [2.75, 3.05) is 0 Å². The van der Waals surface area contributed by atoms with Crippen molar-refractivity contribution in [2.24, 2.45) is 0 Å². The Labute approximate surface area is 75.2 Å². The van der Waals surface area contributed by atoms with E-state index in [0.717, 1.165) is 11.1 Å². The number of aromatic carboxylic acids is 1. The minimum atomic E-state index is -0.888. The first kappa shape index (κ1) is 7.86. The maximum absolute atomic E-state index is 10.6. The van der Waals surface area contributed by atoms with Gasteiger partial charge in [0.1, 0.15) is 0 Å². The number of carboxylic acids is 1. The number of aryl methyl sites for hydroxylation is 1. The fourth-order valence-corrected chi connectivity index (χ4v) is 1.34. The summed E-state index contributed by atoms with van der Waals surface area (Å²) in [6, 6.07) is 5.56. The molecule has 66 valence electrons. The van der Waals surface area contributed by atoms with Gasteiger partial charge in [-0.3, -0.25) is 0 Å². The third kappa shape index (κ3) is 1.28. The van der Waals surface area contributed by atoms with Gasteiger partial charge in [0, 0.05) is 17.9 Å². The second-order valence-electron chi connectivity index (χ2n) is 3.07. The Morgan fingerprint density at radius 3 is 2.92 bits per heavy atom. The molecule has 2 aromatic heterocycles. The molecular weight excluding hydrogens is 166 g/mol. The summed E-state index contributed by atoms with van der Waals surface area (Å²) >= 11 is 0. The highest BCUT2D eigenvalue weighted by Crippen LogP contribution is 2.11. The van der Waals surface area contributed by atoms with Crippen LogP contribution in [0.25, 0.3) is 5.52 Å². The van der Waals surface area contributed by atoms with Gasteiger partial charge in [0.2, 0.25) is 0 Å². The number of hydrogen-bond donors (Lipinski definition) is 1. The molecule has 3 nitrogen and oxygen atoms in total. The van der Waals surface area contributed by atoms with Gasteiger partial charge in [-0.2, -0.15) is 0 Å². The Bertz CT molecular complexity index is 471. The van der Waals surface area contributed by atoms with E-state index in [-0.39, 0.29) is 0 Å². The maximum atomic E-state index is 10.6. The Kier molecular flexibility index (Phi) is 1.59. The van der Waals surface area contributed by atoms with Crippen molar-refractivity contribution in [3.63, 3.8) is 0 Å². The van der Waals surface area contributed by atoms with Gasteiger partial charge < -0.3 is 9.51 Å². The number of aromatic nitrogens is 1. The van der Waals surface area contributed by atoms with Gasteiger partial charge in [0.05, 0.1) is 5.56 Å². The minimum Gasteiger partial charge on any atom is -0.478 e. The number of carboxylic acid groups (broad SMARTS) is 1. The summed E-state index contributed by atoms with van der Waals surface area (Å²) in [6.45, 7) is 1.98. The highest BCUT2D eigenvalue weighted by Gasteiger charge is 2.05. The third-order valence-electron chi connectivity index (χ3n) is 2.00. The maximum Gasteiger partial charge on any atom is 0.337 e. The fraction of sp³-hybridized carbons (Fsp3) is 0.100. The summed E-state index contributed by atoms with van der Waals surface area (Å²) in [4.78, 5) is 10.6. The molecule has 0 aliphatic heterocycles. The molecule has 1 N–H and O–H groups in total. The first-order chi connectivity index (χ1) is 6.16. The topological polar surface area (TPSA) is 41.7 Å². The van der Waals surface area contributed by atoms with Gasteiger partial charge in [0.15, 0.2) is 0 Å². The molecule has 2 heterocycles. The highest BCUT2D eigenvalue weighted by atomic mass is 16.4. The molecule has 0 unspecified atom stereocenters. The van der Waals surface area contributed by atoms with E-state index in [4.69, 9.17) is 5.11 Å². The summed E-state index contributed by atoms with van der Waals surface area (Å²) in [5.74, 6) is -0.888. The van der Waals surface area contributed by atoms with Crippen LogP contribution in [0.4, 0.5) is 0 Å². The lowest BCUT2D eigenvalue weighted by Crippen LogP contribution is -1.91. The molecule has 0 aromatic carbocycles. The molecule has 13 heavy (non-hydrogen) atoms. The number of nitrogens with zero attached hydrogens (tertiary/aromatic N) is 1. The van der Waals surface area contributed by atoms with Crippen molar-refractivity contribution >= 4 is 11.5 Å². The number of pyridine rings is 1. The lowest BCUT2D eigenvalue weighted by Gasteiger charge is -1.94. The van der Waals surface area contributed by atoms with E-state index in [2.05, 4.69) is 0 Å². The van der Waals surface area contributed by atoms with E-state index in [9.17, 15) is 4.79 Å². The SMILES string of the molecule is Cc1ccn2cc(C(=O)O)cc2c1. The molecule has 2 rings (SSSR count). The second kappa shape index (κ2) is 2.62. The van der Waals surface area contributed by atoms with Crippen LogP contribution in [0.5, 0.6) is 0 Å². The molecule has 0 spiro atoms. The number of carbonyl (C=O) groups is 1. The first-order valence-corrected chi connectivity index (χ1v) is 3.98. The van der Waals surface area contributed by atoms with Crippen LogP contribution < -0.4 is 0 Å². The predicted molar refractivity (Wildman–Crippen MR) is 49.1 cm³/mol. The third-order valence-corrected chi connectivity index (χ3v) is 2.00. The van der Waals surface area contributed by atoms with Crippen LogP contribution in [0.15, 0.2) is 30.6 Å². The molecule has 0 bridgehead atoms. The van der Waals surface area contributed by atoms with Crippen LogP contribution >= 0.6 is 0 Å². The molecular formula is C10H9NO2. The fourth-order valence-electron chi connectivity index (χ4n) is 1.34. The van der Waals surface area contributed by atoms with Crippen molar-refractivity contribution in [3.05, 3.63) is 41.7 Å². The largest absolute Gasteiger partial charge is 0.478 e. The molecule has 0 atom stereocenters. The molecule has 0 aliphatic rings. The molecule has 0 aliphatic carbocycles. The Morgan fingerprint density at radius 1 is 1.46 bits per heavy atom. The van der Waals surface area contributed by atoms with Crippen molar-refractivity contribution in [3.8, 4) is 0 Å². The van der Waals surface area contributed by atoms with Crippen molar-refractivity contribution < 1.29 is 9.90 Å². The van der Waals surface area contributed by atoms with Crippen LogP contribution in [0, 0.1) is 6.92 Å². The number of rotatable bonds is 1. The van der Waals surface area contributed by atoms with E-state index in [0.29, 0.717) is 5.56 Å². The first-order valence-electron chi connectivity index (χ1n) is 3.98. The molecule has 0 radical (unpaired) electrons. The number of fused-ring (bicyclic) bond motifs is 1. The summed E-state index contributed by atoms with van der Waals surface area (Å²) in [7, 11) is 0. The Morgan fingerprint density at radius 2 is 2.23 bits per heavy atom. The Balaban J connectivity index is 2.68. The average Bonchev–Trinajstić information content (AvgIpc) is 2.46. The lowest BCUT2D eigenvalue weighted by molar-refractivity contribution is 0.0697. The zero-order valence-corrected chi connectivity index (χ0v) is 7.19. The van der Waals surface area contributed by atoms with Crippen LogP contribution in [0.2, 0.25) is 0 Å². The minimum absolute atomic E-state index is 0.325. The Hall–Kier alpha value is -1.77. The summed E-state index contributed by atoms with van der Waals surface area (Å²) in [5, 5.41) is 8.74. The number of hydrogen-bond acceptors (Lipinski definition) is 1. The zero-order chi connectivity index (χ0) is 9.42. The molecule has 0 saturated carbocycles. The smallest absolute Gasteiger partial charge is 0.337 e.